The minimum Gasteiger partial charge on any atom is -0.497 e. The van der Waals surface area contributed by atoms with E-state index in [9.17, 15) is 8.42 Å². The second-order valence-electron chi connectivity index (χ2n) is 5.53. The number of piperidine rings is 1. The normalized spacial score (nSPS) is 21.5. The molecule has 0 unspecified atom stereocenters. The molecule has 23 heavy (non-hydrogen) atoms. The summed E-state index contributed by atoms with van der Waals surface area (Å²) in [6.07, 6.45) is 1.06. The summed E-state index contributed by atoms with van der Waals surface area (Å²) < 4.78 is 48.9. The molecule has 7 nitrogen and oxygen atoms in total. The third kappa shape index (κ3) is 3.03. The predicted molar refractivity (Wildman–Crippen MR) is 82.2 cm³/mol. The second-order valence-corrected chi connectivity index (χ2v) is 7.43. The van der Waals surface area contributed by atoms with Crippen LogP contribution in [0.3, 0.4) is 0 Å². The molecule has 0 bridgehead atoms. The van der Waals surface area contributed by atoms with E-state index in [-0.39, 0.29) is 10.6 Å². The lowest BCUT2D eigenvalue weighted by molar-refractivity contribution is -0.179. The highest BCUT2D eigenvalue weighted by Gasteiger charge is 2.43. The maximum atomic E-state index is 12.9. The van der Waals surface area contributed by atoms with Gasteiger partial charge in [0.15, 0.2) is 5.79 Å². The molecule has 2 aliphatic heterocycles. The van der Waals surface area contributed by atoms with Crippen molar-refractivity contribution in [3.63, 3.8) is 0 Å². The Morgan fingerprint density at radius 2 is 1.74 bits per heavy atom. The first kappa shape index (κ1) is 16.5. The fraction of sp³-hybridized carbons (Fsp3) is 0.600. The molecule has 1 spiro atoms. The lowest BCUT2D eigenvalue weighted by Crippen LogP contribution is -2.47. The Kier molecular flexibility index (Phi) is 4.50. The number of nitrogens with zero attached hydrogens (tertiary/aromatic N) is 1. The van der Waals surface area contributed by atoms with Crippen molar-refractivity contribution in [2.24, 2.45) is 0 Å². The molecule has 2 aliphatic rings. The Morgan fingerprint density at radius 1 is 1.09 bits per heavy atom. The summed E-state index contributed by atoms with van der Waals surface area (Å²) in [5.74, 6) is 0.222. The van der Waals surface area contributed by atoms with Crippen molar-refractivity contribution < 1.29 is 27.4 Å². The Balaban J connectivity index is 1.82. The lowest BCUT2D eigenvalue weighted by Gasteiger charge is -2.36. The van der Waals surface area contributed by atoms with Gasteiger partial charge in [0, 0.05) is 32.0 Å². The molecule has 0 radical (unpaired) electrons. The maximum absolute atomic E-state index is 12.9. The minimum atomic E-state index is -3.63. The zero-order valence-electron chi connectivity index (χ0n) is 13.3. The lowest BCUT2D eigenvalue weighted by atomic mass is 10.1. The van der Waals surface area contributed by atoms with Gasteiger partial charge in [-0.15, -0.1) is 0 Å². The van der Waals surface area contributed by atoms with Crippen LogP contribution in [-0.2, 0) is 19.5 Å². The van der Waals surface area contributed by atoms with Crippen LogP contribution in [0.5, 0.6) is 11.5 Å². The summed E-state index contributed by atoms with van der Waals surface area (Å²) in [6.45, 7) is 1.85. The van der Waals surface area contributed by atoms with Gasteiger partial charge in [0.05, 0.1) is 27.4 Å². The molecule has 1 aromatic rings. The largest absolute Gasteiger partial charge is 0.497 e. The van der Waals surface area contributed by atoms with Gasteiger partial charge in [-0.3, -0.25) is 0 Å². The quantitative estimate of drug-likeness (QED) is 0.819. The van der Waals surface area contributed by atoms with Gasteiger partial charge in [-0.05, 0) is 12.1 Å². The average molecular weight is 343 g/mol. The monoisotopic (exact) mass is 343 g/mol. The average Bonchev–Trinajstić information content (AvgIpc) is 3.02. The van der Waals surface area contributed by atoms with E-state index in [0.29, 0.717) is 44.9 Å². The SMILES string of the molecule is COc1ccc(S(=O)(=O)N2CCC3(CC2)OCCO3)c(OC)c1. The number of hydrogen-bond donors (Lipinski definition) is 0. The Labute approximate surface area is 136 Å². The van der Waals surface area contributed by atoms with Crippen LogP contribution in [0, 0.1) is 0 Å². The van der Waals surface area contributed by atoms with Crippen molar-refractivity contribution in [2.45, 2.75) is 23.5 Å². The van der Waals surface area contributed by atoms with E-state index in [1.54, 1.807) is 12.1 Å². The molecule has 0 aromatic heterocycles. The molecule has 0 saturated carbocycles. The van der Waals surface area contributed by atoms with Gasteiger partial charge in [-0.25, -0.2) is 8.42 Å². The first-order valence-corrected chi connectivity index (χ1v) is 8.95. The minimum absolute atomic E-state index is 0.144. The summed E-state index contributed by atoms with van der Waals surface area (Å²) in [4.78, 5) is 0.144. The predicted octanol–water partition coefficient (Wildman–Crippen LogP) is 1.23. The molecule has 0 atom stereocenters. The van der Waals surface area contributed by atoms with Gasteiger partial charge in [-0.1, -0.05) is 0 Å². The highest BCUT2D eigenvalue weighted by Crippen LogP contribution is 2.36. The van der Waals surface area contributed by atoms with Crippen molar-refractivity contribution in [1.29, 1.82) is 0 Å². The number of methoxy groups -OCH3 is 2. The number of hydrogen-bond acceptors (Lipinski definition) is 6. The summed E-state index contributed by atoms with van der Waals surface area (Å²) in [6, 6.07) is 4.70. The van der Waals surface area contributed by atoms with Crippen LogP contribution in [-0.4, -0.2) is 59.0 Å². The van der Waals surface area contributed by atoms with Crippen molar-refractivity contribution in [3.8, 4) is 11.5 Å². The first-order valence-electron chi connectivity index (χ1n) is 7.51. The van der Waals surface area contributed by atoms with Gasteiger partial charge in [0.1, 0.15) is 16.4 Å². The van der Waals surface area contributed by atoms with Crippen LogP contribution < -0.4 is 9.47 Å². The summed E-state index contributed by atoms with van der Waals surface area (Å²) in [5.41, 5.74) is 0. The molecule has 128 valence electrons. The summed E-state index contributed by atoms with van der Waals surface area (Å²) in [5, 5.41) is 0. The van der Waals surface area contributed by atoms with Crippen LogP contribution in [0.15, 0.2) is 23.1 Å². The molecule has 8 heteroatoms. The zero-order chi connectivity index (χ0) is 16.5. The number of rotatable bonds is 4. The van der Waals surface area contributed by atoms with Crippen LogP contribution in [0.1, 0.15) is 12.8 Å². The molecule has 1 aromatic carbocycles. The molecular formula is C15H21NO6S. The van der Waals surface area contributed by atoms with Crippen LogP contribution in [0.25, 0.3) is 0 Å². The molecule has 2 saturated heterocycles. The van der Waals surface area contributed by atoms with Crippen molar-refractivity contribution in [2.75, 3.05) is 40.5 Å². The fourth-order valence-corrected chi connectivity index (χ4v) is 4.56. The Bertz CT molecular complexity index is 659. The van der Waals surface area contributed by atoms with Crippen LogP contribution in [0.2, 0.25) is 0 Å². The zero-order valence-corrected chi connectivity index (χ0v) is 14.1. The summed E-state index contributed by atoms with van der Waals surface area (Å²) in [7, 11) is -0.668. The van der Waals surface area contributed by atoms with E-state index in [1.807, 2.05) is 0 Å². The first-order chi connectivity index (χ1) is 11.0. The van der Waals surface area contributed by atoms with Gasteiger partial charge < -0.3 is 18.9 Å². The third-order valence-corrected chi connectivity index (χ3v) is 6.22. The highest BCUT2D eigenvalue weighted by molar-refractivity contribution is 7.89. The second kappa shape index (κ2) is 6.27. The number of ether oxygens (including phenoxy) is 4. The van der Waals surface area contributed by atoms with Gasteiger partial charge in [0.2, 0.25) is 10.0 Å². The Hall–Kier alpha value is -1.35. The van der Waals surface area contributed by atoms with Crippen molar-refractivity contribution in [3.05, 3.63) is 18.2 Å². The van der Waals surface area contributed by atoms with E-state index in [1.165, 1.54) is 24.6 Å². The number of benzene rings is 1. The molecule has 0 N–H and O–H groups in total. The summed E-state index contributed by atoms with van der Waals surface area (Å²) >= 11 is 0. The van der Waals surface area contributed by atoms with Crippen molar-refractivity contribution >= 4 is 10.0 Å². The topological polar surface area (TPSA) is 74.3 Å². The number of sulfonamides is 1. The van der Waals surface area contributed by atoms with Gasteiger partial charge in [0.25, 0.3) is 0 Å². The Morgan fingerprint density at radius 3 is 2.30 bits per heavy atom. The molecule has 2 fully saturated rings. The van der Waals surface area contributed by atoms with E-state index in [2.05, 4.69) is 0 Å². The van der Waals surface area contributed by atoms with Gasteiger partial charge >= 0.3 is 0 Å². The molecular weight excluding hydrogens is 322 g/mol. The highest BCUT2D eigenvalue weighted by atomic mass is 32.2. The van der Waals surface area contributed by atoms with E-state index in [4.69, 9.17) is 18.9 Å². The fourth-order valence-electron chi connectivity index (χ4n) is 2.98. The van der Waals surface area contributed by atoms with Crippen LogP contribution >= 0.6 is 0 Å². The molecule has 0 aliphatic carbocycles. The molecule has 3 rings (SSSR count). The van der Waals surface area contributed by atoms with Crippen LogP contribution in [0.4, 0.5) is 0 Å². The van der Waals surface area contributed by atoms with E-state index in [0.717, 1.165) is 0 Å². The van der Waals surface area contributed by atoms with E-state index < -0.39 is 15.8 Å². The third-order valence-electron chi connectivity index (χ3n) is 4.29. The van der Waals surface area contributed by atoms with Crippen molar-refractivity contribution in [1.82, 2.24) is 4.31 Å². The molecule has 2 heterocycles. The standard InChI is InChI=1S/C15H21NO6S/c1-19-12-3-4-14(13(11-12)20-2)23(17,18)16-7-5-15(6-8-16)21-9-10-22-15/h3-4,11H,5-10H2,1-2H3. The maximum Gasteiger partial charge on any atom is 0.246 e. The van der Waals surface area contributed by atoms with Gasteiger partial charge in [-0.2, -0.15) is 4.31 Å². The molecule has 0 amide bonds. The van der Waals surface area contributed by atoms with E-state index >= 15 is 0 Å². The smallest absolute Gasteiger partial charge is 0.246 e.